The van der Waals surface area contributed by atoms with Crippen molar-refractivity contribution in [2.45, 2.75) is 0 Å². The topological polar surface area (TPSA) is 69.5 Å². The molecule has 47 heavy (non-hydrogen) atoms. The van der Waals surface area contributed by atoms with Gasteiger partial charge < -0.3 is 18.5 Å². The fourth-order valence-corrected chi connectivity index (χ4v) is 6.01. The number of aromatic nitrogens is 3. The monoisotopic (exact) mass is 791 g/mol. The van der Waals surface area contributed by atoms with Gasteiger partial charge in [-0.1, -0.05) is 84.2 Å². The van der Waals surface area contributed by atoms with Crippen molar-refractivity contribution < 1.29 is 34.6 Å². The van der Waals surface area contributed by atoms with E-state index in [0.717, 1.165) is 55.5 Å². The number of hydrogen-bond acceptors (Lipinski definition) is 6. The molecule has 4 heterocycles. The van der Waals surface area contributed by atoms with E-state index in [1.165, 1.54) is 0 Å². The van der Waals surface area contributed by atoms with Crippen molar-refractivity contribution in [1.82, 2.24) is 14.8 Å². The summed E-state index contributed by atoms with van der Waals surface area (Å²) in [5.74, 6) is 1.73. The molecule has 0 atom stereocenters. The van der Waals surface area contributed by atoms with Gasteiger partial charge in [0.1, 0.15) is 17.0 Å². The molecule has 8 heteroatoms. The van der Waals surface area contributed by atoms with Crippen LogP contribution in [0.5, 0.6) is 11.5 Å². The molecule has 9 aromatic rings. The molecular formula is C39H24N4O3Pt. The van der Waals surface area contributed by atoms with Crippen molar-refractivity contribution in [3.05, 3.63) is 140 Å². The molecule has 0 amide bonds. The van der Waals surface area contributed by atoms with Crippen LogP contribution in [0.4, 0.5) is 17.2 Å². The number of nitrogens with zero attached hydrogens (tertiary/aromatic N) is 4. The second-order valence-corrected chi connectivity index (χ2v) is 11.0. The van der Waals surface area contributed by atoms with Gasteiger partial charge >= 0.3 is 21.1 Å². The average Bonchev–Trinajstić information content (AvgIpc) is 3.81. The number of fused-ring (bicyclic) bond motifs is 6. The Balaban J connectivity index is 0.00000324. The van der Waals surface area contributed by atoms with Gasteiger partial charge in [-0.2, -0.15) is 0 Å². The summed E-state index contributed by atoms with van der Waals surface area (Å²) in [5.41, 5.74) is 5.99. The third-order valence-electron chi connectivity index (χ3n) is 8.06. The third-order valence-corrected chi connectivity index (χ3v) is 8.06. The van der Waals surface area contributed by atoms with Gasteiger partial charge in [-0.25, -0.2) is 10.1 Å². The van der Waals surface area contributed by atoms with E-state index in [4.69, 9.17) is 18.6 Å². The predicted molar refractivity (Wildman–Crippen MR) is 180 cm³/mol. The van der Waals surface area contributed by atoms with Crippen molar-refractivity contribution >= 4 is 61.1 Å². The van der Waals surface area contributed by atoms with Crippen LogP contribution in [0.2, 0.25) is 0 Å². The molecule has 0 saturated carbocycles. The van der Waals surface area contributed by atoms with Crippen molar-refractivity contribution in [1.29, 1.82) is 0 Å². The van der Waals surface area contributed by atoms with Gasteiger partial charge in [0, 0.05) is 47.5 Å². The van der Waals surface area contributed by atoms with Crippen molar-refractivity contribution in [3.63, 3.8) is 0 Å². The summed E-state index contributed by atoms with van der Waals surface area (Å²) in [6.07, 6.45) is 3.68. The van der Waals surface area contributed by atoms with Crippen LogP contribution in [0.25, 0.3) is 55.1 Å². The van der Waals surface area contributed by atoms with E-state index in [2.05, 4.69) is 23.3 Å². The molecule has 0 saturated heterocycles. The summed E-state index contributed by atoms with van der Waals surface area (Å²) in [5, 5.41) is 8.24. The van der Waals surface area contributed by atoms with E-state index in [1.807, 2.05) is 127 Å². The number of furan rings is 2. The second kappa shape index (κ2) is 11.6. The van der Waals surface area contributed by atoms with Crippen molar-refractivity contribution in [3.8, 4) is 22.8 Å². The quantitative estimate of drug-likeness (QED) is 0.156. The molecule has 0 radical (unpaired) electrons. The first-order chi connectivity index (χ1) is 22.7. The standard InChI is InChI=1S/C39H24N4O3.Pt/c1-42-20-18-31(41-42)25-21-35(38-29-14-6-8-16-34(29)45-36(38)22-25)44-27-23-30-28-13-5-7-15-33(28)46-39(30)32(24-27)43(26-11-3-2-4-12-26)37-17-9-10-19-40-37;/h2-20,22-23H,1H3;/q-2;+2. The first-order valence-electron chi connectivity index (χ1n) is 14.9. The number of benzene rings is 5. The van der Waals surface area contributed by atoms with Crippen molar-refractivity contribution in [2.24, 2.45) is 7.05 Å². The Morgan fingerprint density at radius 1 is 0.723 bits per heavy atom. The molecule has 0 unspecified atom stereocenters. The Hall–Kier alpha value is -5.65. The minimum Gasteiger partial charge on any atom is -0.513 e. The van der Waals surface area contributed by atoms with Crippen LogP contribution in [0.15, 0.2) is 136 Å². The molecule has 5 aromatic carbocycles. The van der Waals surface area contributed by atoms with E-state index in [9.17, 15) is 0 Å². The summed E-state index contributed by atoms with van der Waals surface area (Å²) in [6, 6.07) is 44.8. The van der Waals surface area contributed by atoms with Crippen LogP contribution in [-0.4, -0.2) is 14.8 Å². The van der Waals surface area contributed by atoms with Crippen LogP contribution in [0.3, 0.4) is 0 Å². The van der Waals surface area contributed by atoms with Crippen molar-refractivity contribution in [2.75, 3.05) is 4.90 Å². The zero-order chi connectivity index (χ0) is 30.6. The largest absolute Gasteiger partial charge is 2.00 e. The fraction of sp³-hybridized carbons (Fsp3) is 0.0256. The Kier molecular flexibility index (Phi) is 7.11. The number of ether oxygens (including phenoxy) is 1. The maximum Gasteiger partial charge on any atom is 2.00 e. The van der Waals surface area contributed by atoms with Gasteiger partial charge in [0.15, 0.2) is 0 Å². The zero-order valence-corrected chi connectivity index (χ0v) is 27.2. The van der Waals surface area contributed by atoms with E-state index >= 15 is 0 Å². The van der Waals surface area contributed by atoms with E-state index in [0.29, 0.717) is 28.4 Å². The van der Waals surface area contributed by atoms with Gasteiger partial charge in [0.05, 0.1) is 11.3 Å². The van der Waals surface area contributed by atoms with Gasteiger partial charge in [0.25, 0.3) is 0 Å². The molecule has 228 valence electrons. The van der Waals surface area contributed by atoms with Crippen LogP contribution >= 0.6 is 0 Å². The number of aryl methyl sites for hydroxylation is 1. The summed E-state index contributed by atoms with van der Waals surface area (Å²) < 4.78 is 21.4. The average molecular weight is 792 g/mol. The minimum absolute atomic E-state index is 0. The number of anilines is 3. The fourth-order valence-electron chi connectivity index (χ4n) is 6.01. The SMILES string of the molecule is Cn1ccc(-c2[c-]c(Oc3[c-]c(N(c4ccccc4)c4ccccn4)c4oc5ccccc5c4c3)c3c(c2)oc2ccccc23)n1.[Pt+2]. The Labute approximate surface area is 283 Å². The number of hydrogen-bond donors (Lipinski definition) is 0. The zero-order valence-electron chi connectivity index (χ0n) is 25.0. The van der Waals surface area contributed by atoms with Crippen LogP contribution in [0.1, 0.15) is 0 Å². The van der Waals surface area contributed by atoms with Gasteiger partial charge in [-0.3, -0.25) is 4.68 Å². The minimum atomic E-state index is 0. The van der Waals surface area contributed by atoms with Crippen LogP contribution in [0, 0.1) is 12.1 Å². The summed E-state index contributed by atoms with van der Waals surface area (Å²) in [6.45, 7) is 0. The molecule has 0 spiro atoms. The number of rotatable bonds is 6. The van der Waals surface area contributed by atoms with Gasteiger partial charge in [0.2, 0.25) is 0 Å². The normalized spacial score (nSPS) is 11.3. The molecule has 0 aliphatic carbocycles. The Bertz CT molecular complexity index is 2500. The van der Waals surface area contributed by atoms with E-state index in [-0.39, 0.29) is 21.1 Å². The maximum atomic E-state index is 6.82. The molecule has 0 fully saturated rings. The Morgan fingerprint density at radius 2 is 1.47 bits per heavy atom. The summed E-state index contributed by atoms with van der Waals surface area (Å²) >= 11 is 0. The van der Waals surface area contributed by atoms with Crippen LogP contribution < -0.4 is 9.64 Å². The molecule has 0 aliphatic heterocycles. The molecule has 0 aliphatic rings. The maximum absolute atomic E-state index is 6.82. The second-order valence-electron chi connectivity index (χ2n) is 11.0. The van der Waals surface area contributed by atoms with E-state index < -0.39 is 0 Å². The Morgan fingerprint density at radius 3 is 2.23 bits per heavy atom. The third kappa shape index (κ3) is 4.96. The first-order valence-corrected chi connectivity index (χ1v) is 14.9. The summed E-state index contributed by atoms with van der Waals surface area (Å²) in [7, 11) is 1.89. The van der Waals surface area contributed by atoms with E-state index in [1.54, 1.807) is 10.9 Å². The molecule has 7 nitrogen and oxygen atoms in total. The van der Waals surface area contributed by atoms with Crippen LogP contribution in [-0.2, 0) is 28.1 Å². The van der Waals surface area contributed by atoms with Gasteiger partial charge in [-0.15, -0.1) is 17.7 Å². The van der Waals surface area contributed by atoms with Gasteiger partial charge in [-0.05, 0) is 52.9 Å². The number of para-hydroxylation sites is 3. The molecule has 4 aromatic heterocycles. The predicted octanol–water partition coefficient (Wildman–Crippen LogP) is 10.1. The molecule has 0 bridgehead atoms. The molecule has 9 rings (SSSR count). The summed E-state index contributed by atoms with van der Waals surface area (Å²) in [4.78, 5) is 6.75. The molecule has 0 N–H and O–H groups in total. The smallest absolute Gasteiger partial charge is 0.513 e. The first kappa shape index (κ1) is 28.8. The molecular weight excluding hydrogens is 768 g/mol. The number of pyridine rings is 1.